The molecule has 0 bridgehead atoms. The fraction of sp³-hybridized carbons (Fsp3) is 0.933. The summed E-state index contributed by atoms with van der Waals surface area (Å²) in [6, 6.07) is 0. The average molecular weight is 255 g/mol. The molecule has 0 aromatic heterocycles. The molecule has 0 aromatic carbocycles. The van der Waals surface area contributed by atoms with Crippen LogP contribution in [0.1, 0.15) is 71.1 Å². The zero-order chi connectivity index (χ0) is 13.1. The molecule has 1 aliphatic rings. The Balaban J connectivity index is 1.80. The predicted octanol–water partition coefficient (Wildman–Crippen LogP) is 3.72. The van der Waals surface area contributed by atoms with Crippen LogP contribution in [-0.4, -0.2) is 30.5 Å². The van der Waals surface area contributed by atoms with Crippen LogP contribution in [0.25, 0.3) is 0 Å². The topological polar surface area (TPSA) is 29.5 Å². The molecule has 1 fully saturated rings. The number of nitrogens with zero attached hydrogens (tertiary/aromatic N) is 1. The molecule has 0 saturated carbocycles. The monoisotopic (exact) mass is 255 g/mol. The van der Waals surface area contributed by atoms with E-state index >= 15 is 0 Å². The van der Waals surface area contributed by atoms with Crippen molar-refractivity contribution in [3.05, 3.63) is 0 Å². The minimum Gasteiger partial charge on any atom is -0.300 e. The lowest BCUT2D eigenvalue weighted by atomic mass is 10.1. The Morgan fingerprint density at radius 3 is 2.11 bits per heavy atom. The number of unbranched alkanes of at least 4 members (excludes halogenated alkanes) is 7. The standard InChI is InChI=1S/C15H29NO2/c1-2-3-4-5-6-7-8-9-14-18-16-12-10-15(17)11-13-16/h2-14H2,1H3. The number of carbonyl (C=O) groups is 1. The van der Waals surface area contributed by atoms with Crippen LogP contribution >= 0.6 is 0 Å². The van der Waals surface area contributed by atoms with Gasteiger partial charge in [0.25, 0.3) is 0 Å². The zero-order valence-corrected chi connectivity index (χ0v) is 12.0. The summed E-state index contributed by atoms with van der Waals surface area (Å²) in [6.07, 6.45) is 12.0. The van der Waals surface area contributed by atoms with E-state index < -0.39 is 0 Å². The lowest BCUT2D eigenvalue weighted by Gasteiger charge is -2.24. The van der Waals surface area contributed by atoms with Crippen LogP contribution in [-0.2, 0) is 9.63 Å². The Morgan fingerprint density at radius 2 is 1.50 bits per heavy atom. The summed E-state index contributed by atoms with van der Waals surface area (Å²) in [4.78, 5) is 16.7. The van der Waals surface area contributed by atoms with Gasteiger partial charge in [0.05, 0.1) is 6.61 Å². The Hall–Kier alpha value is -0.410. The van der Waals surface area contributed by atoms with Gasteiger partial charge in [-0.2, -0.15) is 5.06 Å². The molecule has 0 N–H and O–H groups in total. The molecule has 1 aliphatic heterocycles. The van der Waals surface area contributed by atoms with Crippen LogP contribution in [0.5, 0.6) is 0 Å². The summed E-state index contributed by atoms with van der Waals surface area (Å²) < 4.78 is 0. The van der Waals surface area contributed by atoms with E-state index in [0.717, 1.165) is 26.1 Å². The van der Waals surface area contributed by atoms with Crippen molar-refractivity contribution in [2.75, 3.05) is 19.7 Å². The fourth-order valence-electron chi connectivity index (χ4n) is 2.29. The Labute approximate surface area is 112 Å². The Morgan fingerprint density at radius 1 is 0.944 bits per heavy atom. The van der Waals surface area contributed by atoms with Crippen LogP contribution in [0, 0.1) is 0 Å². The van der Waals surface area contributed by atoms with Gasteiger partial charge in [-0.1, -0.05) is 51.9 Å². The first-order valence-corrected chi connectivity index (χ1v) is 7.72. The van der Waals surface area contributed by atoms with Crippen LogP contribution in [0.4, 0.5) is 0 Å². The van der Waals surface area contributed by atoms with Gasteiger partial charge in [-0.05, 0) is 6.42 Å². The average Bonchev–Trinajstić information content (AvgIpc) is 2.39. The van der Waals surface area contributed by atoms with Gasteiger partial charge in [0.1, 0.15) is 5.78 Å². The predicted molar refractivity (Wildman–Crippen MR) is 74.4 cm³/mol. The molecular weight excluding hydrogens is 226 g/mol. The van der Waals surface area contributed by atoms with Crippen LogP contribution in [0.3, 0.4) is 0 Å². The van der Waals surface area contributed by atoms with Crippen LogP contribution in [0.15, 0.2) is 0 Å². The molecule has 106 valence electrons. The van der Waals surface area contributed by atoms with Gasteiger partial charge < -0.3 is 0 Å². The number of hydrogen-bond acceptors (Lipinski definition) is 3. The molecule has 0 unspecified atom stereocenters. The van der Waals surface area contributed by atoms with Crippen molar-refractivity contribution in [2.45, 2.75) is 71.1 Å². The van der Waals surface area contributed by atoms with Gasteiger partial charge in [-0.15, -0.1) is 0 Å². The summed E-state index contributed by atoms with van der Waals surface area (Å²) in [5.74, 6) is 0.377. The fourth-order valence-corrected chi connectivity index (χ4v) is 2.29. The molecular formula is C15H29NO2. The maximum Gasteiger partial charge on any atom is 0.135 e. The first-order chi connectivity index (χ1) is 8.83. The second-order valence-electron chi connectivity index (χ2n) is 5.28. The van der Waals surface area contributed by atoms with Crippen molar-refractivity contribution in [2.24, 2.45) is 0 Å². The highest BCUT2D eigenvalue weighted by Crippen LogP contribution is 2.10. The molecule has 0 atom stereocenters. The Bertz CT molecular complexity index is 209. The molecule has 0 aromatic rings. The van der Waals surface area contributed by atoms with E-state index in [2.05, 4.69) is 6.92 Å². The van der Waals surface area contributed by atoms with Gasteiger partial charge in [0, 0.05) is 25.9 Å². The van der Waals surface area contributed by atoms with Crippen LogP contribution in [0.2, 0.25) is 0 Å². The SMILES string of the molecule is CCCCCCCCCCON1CCC(=O)CC1. The highest BCUT2D eigenvalue weighted by atomic mass is 16.7. The molecule has 1 saturated heterocycles. The summed E-state index contributed by atoms with van der Waals surface area (Å²) in [5, 5.41) is 1.96. The Kier molecular flexibility index (Phi) is 9.13. The smallest absolute Gasteiger partial charge is 0.135 e. The van der Waals surface area contributed by atoms with Crippen molar-refractivity contribution in [1.29, 1.82) is 0 Å². The third kappa shape index (κ3) is 7.83. The molecule has 3 heteroatoms. The second-order valence-corrected chi connectivity index (χ2v) is 5.28. The van der Waals surface area contributed by atoms with Crippen molar-refractivity contribution >= 4 is 5.78 Å². The number of hydrogen-bond donors (Lipinski definition) is 0. The lowest BCUT2D eigenvalue weighted by molar-refractivity contribution is -0.173. The minimum atomic E-state index is 0.377. The molecule has 1 rings (SSSR count). The first-order valence-electron chi connectivity index (χ1n) is 7.72. The normalized spacial score (nSPS) is 17.3. The van der Waals surface area contributed by atoms with Crippen molar-refractivity contribution in [1.82, 2.24) is 5.06 Å². The van der Waals surface area contributed by atoms with E-state index in [-0.39, 0.29) is 0 Å². The van der Waals surface area contributed by atoms with Crippen molar-refractivity contribution in [3.63, 3.8) is 0 Å². The third-order valence-corrected chi connectivity index (χ3v) is 3.55. The first kappa shape index (κ1) is 15.6. The van der Waals surface area contributed by atoms with Crippen LogP contribution < -0.4 is 0 Å². The molecule has 0 aliphatic carbocycles. The molecule has 0 radical (unpaired) electrons. The summed E-state index contributed by atoms with van der Waals surface area (Å²) >= 11 is 0. The molecule has 0 spiro atoms. The van der Waals surface area contributed by atoms with E-state index in [4.69, 9.17) is 4.84 Å². The summed E-state index contributed by atoms with van der Waals surface area (Å²) in [7, 11) is 0. The summed E-state index contributed by atoms with van der Waals surface area (Å²) in [6.45, 7) is 4.65. The molecule has 1 heterocycles. The lowest BCUT2D eigenvalue weighted by Crippen LogP contribution is -2.34. The van der Waals surface area contributed by atoms with Gasteiger partial charge in [-0.3, -0.25) is 9.63 Å². The number of rotatable bonds is 10. The van der Waals surface area contributed by atoms with E-state index in [1.54, 1.807) is 0 Å². The zero-order valence-electron chi connectivity index (χ0n) is 12.0. The van der Waals surface area contributed by atoms with Crippen molar-refractivity contribution in [3.8, 4) is 0 Å². The molecule has 3 nitrogen and oxygen atoms in total. The minimum absolute atomic E-state index is 0.377. The molecule has 18 heavy (non-hydrogen) atoms. The van der Waals surface area contributed by atoms with Crippen molar-refractivity contribution < 1.29 is 9.63 Å². The maximum atomic E-state index is 11.0. The van der Waals surface area contributed by atoms with Gasteiger partial charge in [0.2, 0.25) is 0 Å². The number of Topliss-reactive ketones (excluding diaryl/α,β-unsaturated/α-hetero) is 1. The number of ketones is 1. The third-order valence-electron chi connectivity index (χ3n) is 3.55. The van der Waals surface area contributed by atoms with Gasteiger partial charge in [-0.25, -0.2) is 0 Å². The maximum absolute atomic E-state index is 11.0. The quantitative estimate of drug-likeness (QED) is 0.557. The number of hydroxylamine groups is 2. The van der Waals surface area contributed by atoms with Gasteiger partial charge >= 0.3 is 0 Å². The van der Waals surface area contributed by atoms with E-state index in [0.29, 0.717) is 18.6 Å². The largest absolute Gasteiger partial charge is 0.300 e. The summed E-state index contributed by atoms with van der Waals surface area (Å²) in [5.41, 5.74) is 0. The number of piperidine rings is 1. The highest BCUT2D eigenvalue weighted by Gasteiger charge is 2.15. The van der Waals surface area contributed by atoms with Gasteiger partial charge in [0.15, 0.2) is 0 Å². The second kappa shape index (κ2) is 10.5. The van der Waals surface area contributed by atoms with E-state index in [1.165, 1.54) is 44.9 Å². The molecule has 0 amide bonds. The number of carbonyl (C=O) groups excluding carboxylic acids is 1. The highest BCUT2D eigenvalue weighted by molar-refractivity contribution is 5.79. The van der Waals surface area contributed by atoms with E-state index in [9.17, 15) is 4.79 Å². The van der Waals surface area contributed by atoms with E-state index in [1.807, 2.05) is 5.06 Å².